The van der Waals surface area contributed by atoms with Crippen LogP contribution in [0.1, 0.15) is 30.5 Å². The number of hydrogen-bond donors (Lipinski definition) is 2. The lowest BCUT2D eigenvalue weighted by Gasteiger charge is -2.29. The number of nitrogens with zero attached hydrogens (tertiary/aromatic N) is 1. The third-order valence-electron chi connectivity index (χ3n) is 3.74. The topological polar surface area (TPSA) is 41.3 Å². The maximum Gasteiger partial charge on any atom is 0.0447 e. The number of benzene rings is 1. The second-order valence-corrected chi connectivity index (χ2v) is 5.54. The molecule has 2 rings (SSSR count). The summed E-state index contributed by atoms with van der Waals surface area (Å²) in [6.45, 7) is 8.54. The fourth-order valence-electron chi connectivity index (χ4n) is 2.66. The second-order valence-electron chi connectivity index (χ2n) is 5.54. The van der Waals surface area contributed by atoms with Crippen molar-refractivity contribution in [1.82, 2.24) is 5.32 Å². The monoisotopic (exact) mass is 259 g/mol. The Balaban J connectivity index is 2.17. The van der Waals surface area contributed by atoms with Gasteiger partial charge in [-0.3, -0.25) is 0 Å². The highest BCUT2D eigenvalue weighted by atomic mass is 15.1. The van der Waals surface area contributed by atoms with Gasteiger partial charge in [0.2, 0.25) is 0 Å². The van der Waals surface area contributed by atoms with Crippen LogP contribution in [0.2, 0.25) is 0 Å². The van der Waals surface area contributed by atoms with Gasteiger partial charge in [-0.05, 0) is 37.0 Å². The van der Waals surface area contributed by atoms with Crippen LogP contribution in [0.15, 0.2) is 30.4 Å². The predicted molar refractivity (Wildman–Crippen MR) is 82.6 cm³/mol. The summed E-state index contributed by atoms with van der Waals surface area (Å²) < 4.78 is 0. The summed E-state index contributed by atoms with van der Waals surface area (Å²) in [4.78, 5) is 2.33. The zero-order valence-electron chi connectivity index (χ0n) is 12.1. The number of fused-ring (bicyclic) bond motifs is 1. The molecule has 0 radical (unpaired) electrons. The molecule has 0 fully saturated rings. The summed E-state index contributed by atoms with van der Waals surface area (Å²) in [5.74, 6) is 0. The van der Waals surface area contributed by atoms with Gasteiger partial charge in [-0.25, -0.2) is 0 Å². The standard InChI is InChI=1S/C16H25N3/c1-12(2)11-18-15(10-17)13-6-7-16-14(9-13)5-4-8-19(16)3/h6-7,9,15,18H,1,4-5,8,10-11,17H2,2-3H3. The van der Waals surface area contributed by atoms with Crippen LogP contribution in [-0.4, -0.2) is 26.7 Å². The minimum atomic E-state index is 0.217. The molecule has 3 N–H and O–H groups in total. The van der Waals surface area contributed by atoms with Gasteiger partial charge >= 0.3 is 0 Å². The summed E-state index contributed by atoms with van der Waals surface area (Å²) in [5, 5.41) is 3.47. The molecule has 1 aromatic rings. The average Bonchev–Trinajstić information content (AvgIpc) is 2.39. The first-order valence-electron chi connectivity index (χ1n) is 7.03. The number of anilines is 1. The number of aryl methyl sites for hydroxylation is 1. The Bertz CT molecular complexity index is 453. The molecule has 1 aliphatic heterocycles. The highest BCUT2D eigenvalue weighted by molar-refractivity contribution is 5.56. The summed E-state index contributed by atoms with van der Waals surface area (Å²) in [5.41, 5.74) is 11.1. The fourth-order valence-corrected chi connectivity index (χ4v) is 2.66. The van der Waals surface area contributed by atoms with E-state index in [4.69, 9.17) is 5.73 Å². The summed E-state index contributed by atoms with van der Waals surface area (Å²) in [6, 6.07) is 6.96. The van der Waals surface area contributed by atoms with Crippen molar-refractivity contribution in [3.05, 3.63) is 41.5 Å². The van der Waals surface area contributed by atoms with E-state index in [2.05, 4.69) is 42.0 Å². The quantitative estimate of drug-likeness (QED) is 0.797. The maximum atomic E-state index is 5.89. The van der Waals surface area contributed by atoms with Gasteiger partial charge < -0.3 is 16.0 Å². The van der Waals surface area contributed by atoms with E-state index in [0.717, 1.165) is 18.7 Å². The van der Waals surface area contributed by atoms with Crippen molar-refractivity contribution in [1.29, 1.82) is 0 Å². The van der Waals surface area contributed by atoms with Crippen LogP contribution >= 0.6 is 0 Å². The molecule has 19 heavy (non-hydrogen) atoms. The summed E-state index contributed by atoms with van der Waals surface area (Å²) in [7, 11) is 2.16. The van der Waals surface area contributed by atoms with Crippen molar-refractivity contribution in [2.45, 2.75) is 25.8 Å². The van der Waals surface area contributed by atoms with Gasteiger partial charge in [0, 0.05) is 38.4 Å². The third kappa shape index (κ3) is 3.37. The number of rotatable bonds is 5. The first-order chi connectivity index (χ1) is 9.11. The minimum Gasteiger partial charge on any atom is -0.374 e. The van der Waals surface area contributed by atoms with E-state index in [1.54, 1.807) is 0 Å². The number of nitrogens with two attached hydrogens (primary N) is 1. The zero-order valence-corrected chi connectivity index (χ0v) is 12.1. The van der Waals surface area contributed by atoms with Gasteiger partial charge in [0.1, 0.15) is 0 Å². The van der Waals surface area contributed by atoms with E-state index in [-0.39, 0.29) is 6.04 Å². The average molecular weight is 259 g/mol. The highest BCUT2D eigenvalue weighted by Gasteiger charge is 2.16. The Kier molecular flexibility index (Phi) is 4.61. The van der Waals surface area contributed by atoms with Gasteiger partial charge in [0.05, 0.1) is 0 Å². The lowest BCUT2D eigenvalue weighted by Crippen LogP contribution is -2.30. The Hall–Kier alpha value is -1.32. The molecule has 1 unspecified atom stereocenters. The van der Waals surface area contributed by atoms with E-state index in [1.165, 1.54) is 29.7 Å². The fraction of sp³-hybridized carbons (Fsp3) is 0.500. The normalized spacial score (nSPS) is 16.1. The molecule has 0 saturated carbocycles. The zero-order chi connectivity index (χ0) is 13.8. The lowest BCUT2D eigenvalue weighted by molar-refractivity contribution is 0.568. The van der Waals surface area contributed by atoms with E-state index in [9.17, 15) is 0 Å². The molecule has 0 spiro atoms. The molecule has 0 saturated heterocycles. The summed E-state index contributed by atoms with van der Waals surface area (Å²) >= 11 is 0. The van der Waals surface area contributed by atoms with Crippen LogP contribution in [0.5, 0.6) is 0 Å². The van der Waals surface area contributed by atoms with Crippen LogP contribution < -0.4 is 16.0 Å². The van der Waals surface area contributed by atoms with Crippen LogP contribution in [-0.2, 0) is 6.42 Å². The Morgan fingerprint density at radius 2 is 2.32 bits per heavy atom. The van der Waals surface area contributed by atoms with Crippen LogP contribution in [0.4, 0.5) is 5.69 Å². The third-order valence-corrected chi connectivity index (χ3v) is 3.74. The molecule has 3 nitrogen and oxygen atoms in total. The first kappa shape index (κ1) is 14.1. The Morgan fingerprint density at radius 1 is 1.53 bits per heavy atom. The lowest BCUT2D eigenvalue weighted by atomic mass is 9.96. The molecule has 0 aliphatic carbocycles. The number of hydrogen-bond acceptors (Lipinski definition) is 3. The van der Waals surface area contributed by atoms with Crippen molar-refractivity contribution in [3.63, 3.8) is 0 Å². The van der Waals surface area contributed by atoms with Crippen LogP contribution in [0, 0.1) is 0 Å². The smallest absolute Gasteiger partial charge is 0.0447 e. The molecule has 0 bridgehead atoms. The van der Waals surface area contributed by atoms with Crippen molar-refractivity contribution >= 4 is 5.69 Å². The molecule has 1 aromatic carbocycles. The van der Waals surface area contributed by atoms with Crippen molar-refractivity contribution in [2.75, 3.05) is 31.6 Å². The second kappa shape index (κ2) is 6.22. The van der Waals surface area contributed by atoms with Gasteiger partial charge in [0.25, 0.3) is 0 Å². The van der Waals surface area contributed by atoms with Crippen molar-refractivity contribution in [3.8, 4) is 0 Å². The Labute approximate surface area is 116 Å². The van der Waals surface area contributed by atoms with Gasteiger partial charge in [-0.15, -0.1) is 0 Å². The predicted octanol–water partition coefficient (Wildman–Crippen LogP) is 2.23. The van der Waals surface area contributed by atoms with Gasteiger partial charge in [-0.1, -0.05) is 24.3 Å². The van der Waals surface area contributed by atoms with E-state index >= 15 is 0 Å². The first-order valence-corrected chi connectivity index (χ1v) is 7.03. The SMILES string of the molecule is C=C(C)CNC(CN)c1ccc2c(c1)CCCN2C. The van der Waals surface area contributed by atoms with E-state index in [0.29, 0.717) is 6.54 Å². The molecule has 104 valence electrons. The van der Waals surface area contributed by atoms with E-state index < -0.39 is 0 Å². The van der Waals surface area contributed by atoms with Crippen molar-refractivity contribution in [2.24, 2.45) is 5.73 Å². The molecule has 1 heterocycles. The number of nitrogens with one attached hydrogen (secondary N) is 1. The molecule has 1 aliphatic rings. The molecule has 1 atom stereocenters. The molecule has 3 heteroatoms. The minimum absolute atomic E-state index is 0.217. The van der Waals surface area contributed by atoms with Gasteiger partial charge in [0.15, 0.2) is 0 Å². The van der Waals surface area contributed by atoms with Crippen LogP contribution in [0.3, 0.4) is 0 Å². The van der Waals surface area contributed by atoms with Crippen molar-refractivity contribution < 1.29 is 0 Å². The largest absolute Gasteiger partial charge is 0.374 e. The molecular formula is C16H25N3. The summed E-state index contributed by atoms with van der Waals surface area (Å²) in [6.07, 6.45) is 2.41. The molecule has 0 amide bonds. The van der Waals surface area contributed by atoms with Crippen LogP contribution in [0.25, 0.3) is 0 Å². The Morgan fingerprint density at radius 3 is 3.00 bits per heavy atom. The highest BCUT2D eigenvalue weighted by Crippen LogP contribution is 2.28. The molecule has 0 aromatic heterocycles. The molecular weight excluding hydrogens is 234 g/mol. The van der Waals surface area contributed by atoms with E-state index in [1.807, 2.05) is 6.92 Å². The van der Waals surface area contributed by atoms with Gasteiger partial charge in [-0.2, -0.15) is 0 Å². The maximum absolute atomic E-state index is 5.89.